The van der Waals surface area contributed by atoms with E-state index in [-0.39, 0.29) is 17.7 Å². The highest BCUT2D eigenvalue weighted by Gasteiger charge is 2.19. The van der Waals surface area contributed by atoms with Crippen molar-refractivity contribution < 1.29 is 9.18 Å². The summed E-state index contributed by atoms with van der Waals surface area (Å²) < 4.78 is 15.7. The van der Waals surface area contributed by atoms with Gasteiger partial charge >= 0.3 is 0 Å². The Morgan fingerprint density at radius 1 is 1.27 bits per heavy atom. The lowest BCUT2D eigenvalue weighted by Gasteiger charge is -2.14. The third-order valence-corrected chi connectivity index (χ3v) is 5.32. The van der Waals surface area contributed by atoms with Crippen LogP contribution in [0.2, 0.25) is 0 Å². The van der Waals surface area contributed by atoms with E-state index in [2.05, 4.69) is 26.2 Å². The second-order valence-electron chi connectivity index (χ2n) is 8.04. The van der Waals surface area contributed by atoms with Gasteiger partial charge in [0.2, 0.25) is 0 Å². The molecular weight excluding hydrogens is 447 g/mol. The molecule has 2 rings (SSSR count). The van der Waals surface area contributed by atoms with Crippen molar-refractivity contribution >= 4 is 27.7 Å². The largest absolute Gasteiger partial charge is 0.348 e. The first-order valence-corrected chi connectivity index (χ1v) is 11.1. The van der Waals surface area contributed by atoms with Crippen molar-refractivity contribution in [2.24, 2.45) is 5.92 Å². The number of carbonyl (C=O) groups excluding carboxylic acids is 1. The van der Waals surface area contributed by atoms with Gasteiger partial charge in [0.05, 0.1) is 5.56 Å². The number of carbonyl (C=O) groups is 1. The van der Waals surface area contributed by atoms with Crippen molar-refractivity contribution in [2.45, 2.75) is 60.4 Å². The number of aromatic amines is 1. The van der Waals surface area contributed by atoms with Crippen LogP contribution in [0.5, 0.6) is 0 Å². The molecule has 0 unspecified atom stereocenters. The smallest absolute Gasteiger partial charge is 0.253 e. The molecule has 1 aromatic heterocycles. The number of allylic oxidation sites excluding steroid dienone is 1. The average Bonchev–Trinajstić information content (AvgIpc) is 2.64. The van der Waals surface area contributed by atoms with Gasteiger partial charge in [-0.25, -0.2) is 4.39 Å². The molecule has 0 aliphatic rings. The van der Waals surface area contributed by atoms with Crippen LogP contribution in [0.3, 0.4) is 0 Å². The van der Waals surface area contributed by atoms with Crippen molar-refractivity contribution in [3.8, 4) is 0 Å². The number of hydrogen-bond donors (Lipinski definition) is 2. The maximum Gasteiger partial charge on any atom is 0.253 e. The minimum Gasteiger partial charge on any atom is -0.348 e. The number of aryl methyl sites for hydroxylation is 3. The third-order valence-electron chi connectivity index (χ3n) is 4.86. The maximum atomic E-state index is 15.0. The second kappa shape index (κ2) is 10.7. The molecule has 1 heterocycles. The number of H-pyrrole nitrogens is 1. The molecule has 0 bridgehead atoms. The zero-order valence-corrected chi connectivity index (χ0v) is 19.9. The molecule has 0 saturated carbocycles. The van der Waals surface area contributed by atoms with E-state index in [0.717, 1.165) is 24.1 Å². The molecule has 0 radical (unpaired) electrons. The zero-order chi connectivity index (χ0) is 22.4. The van der Waals surface area contributed by atoms with E-state index in [1.54, 1.807) is 19.1 Å². The molecule has 162 valence electrons. The first-order chi connectivity index (χ1) is 14.1. The van der Waals surface area contributed by atoms with Gasteiger partial charge in [0.15, 0.2) is 0 Å². The quantitative estimate of drug-likeness (QED) is 0.491. The van der Waals surface area contributed by atoms with Gasteiger partial charge < -0.3 is 10.3 Å². The molecule has 30 heavy (non-hydrogen) atoms. The molecule has 1 amide bonds. The van der Waals surface area contributed by atoms with E-state index in [4.69, 9.17) is 0 Å². The topological polar surface area (TPSA) is 62.0 Å². The Labute approximate surface area is 186 Å². The van der Waals surface area contributed by atoms with Crippen molar-refractivity contribution in [1.82, 2.24) is 10.3 Å². The van der Waals surface area contributed by atoms with Crippen molar-refractivity contribution in [1.29, 1.82) is 0 Å². The Balaban J connectivity index is 2.37. The summed E-state index contributed by atoms with van der Waals surface area (Å²) in [6.45, 7) is 9.78. The predicted octanol–water partition coefficient (Wildman–Crippen LogP) is 5.99. The standard InChI is InChI=1S/C24H30BrFN2O2/c1-6-7-17-11-16(5)28-24(30)20(17)13-27-23(29)19-12-18(25)10-15(4)22(19)21(26)9-8-14(2)3/h9-12,14H,6-8,13H2,1-5H3,(H,27,29)(H,28,30)/b21-9+. The molecule has 0 aliphatic carbocycles. The van der Waals surface area contributed by atoms with Crippen LogP contribution in [0.25, 0.3) is 5.83 Å². The van der Waals surface area contributed by atoms with Gasteiger partial charge in [-0.05, 0) is 68.0 Å². The first kappa shape index (κ1) is 24.1. The Hall–Kier alpha value is -2.21. The van der Waals surface area contributed by atoms with E-state index in [0.29, 0.717) is 33.5 Å². The van der Waals surface area contributed by atoms with E-state index in [1.807, 2.05) is 33.8 Å². The fraction of sp³-hybridized carbons (Fsp3) is 0.417. The van der Waals surface area contributed by atoms with Crippen LogP contribution < -0.4 is 10.9 Å². The van der Waals surface area contributed by atoms with Crippen LogP contribution >= 0.6 is 15.9 Å². The van der Waals surface area contributed by atoms with Crippen LogP contribution in [0.15, 0.2) is 33.5 Å². The highest BCUT2D eigenvalue weighted by atomic mass is 79.9. The molecule has 0 fully saturated rings. The van der Waals surface area contributed by atoms with Crippen LogP contribution in [0.1, 0.15) is 71.9 Å². The maximum absolute atomic E-state index is 15.0. The summed E-state index contributed by atoms with van der Waals surface area (Å²) in [7, 11) is 0. The molecule has 0 spiro atoms. The van der Waals surface area contributed by atoms with E-state index < -0.39 is 11.7 Å². The highest BCUT2D eigenvalue weighted by molar-refractivity contribution is 9.10. The zero-order valence-electron chi connectivity index (χ0n) is 18.3. The van der Waals surface area contributed by atoms with Gasteiger partial charge in [-0.3, -0.25) is 9.59 Å². The first-order valence-electron chi connectivity index (χ1n) is 10.3. The number of aromatic nitrogens is 1. The summed E-state index contributed by atoms with van der Waals surface area (Å²) in [6, 6.07) is 5.35. The number of rotatable bonds is 8. The third kappa shape index (κ3) is 6.14. The number of halogens is 2. The summed E-state index contributed by atoms with van der Waals surface area (Å²) >= 11 is 3.40. The fourth-order valence-corrected chi connectivity index (χ4v) is 3.99. The van der Waals surface area contributed by atoms with Crippen molar-refractivity contribution in [3.05, 3.63) is 72.6 Å². The number of nitrogens with one attached hydrogen (secondary N) is 2. The van der Waals surface area contributed by atoms with Gasteiger partial charge in [0.25, 0.3) is 11.5 Å². The molecule has 2 N–H and O–H groups in total. The predicted molar refractivity (Wildman–Crippen MR) is 124 cm³/mol. The van der Waals surface area contributed by atoms with E-state index in [1.165, 1.54) is 6.08 Å². The van der Waals surface area contributed by atoms with Crippen LogP contribution in [0.4, 0.5) is 4.39 Å². The lowest BCUT2D eigenvalue weighted by atomic mass is 9.98. The van der Waals surface area contributed by atoms with Crippen LogP contribution in [0, 0.1) is 19.8 Å². The summed E-state index contributed by atoms with van der Waals surface area (Å²) in [4.78, 5) is 28.2. The van der Waals surface area contributed by atoms with E-state index in [9.17, 15) is 14.0 Å². The minimum atomic E-state index is -0.412. The molecule has 1 aromatic carbocycles. The van der Waals surface area contributed by atoms with Crippen molar-refractivity contribution in [3.63, 3.8) is 0 Å². The molecule has 4 nitrogen and oxygen atoms in total. The van der Waals surface area contributed by atoms with Gasteiger partial charge in [-0.15, -0.1) is 0 Å². The summed E-state index contributed by atoms with van der Waals surface area (Å²) in [5, 5.41) is 2.82. The number of pyridine rings is 1. The van der Waals surface area contributed by atoms with Crippen LogP contribution in [-0.2, 0) is 13.0 Å². The van der Waals surface area contributed by atoms with Gasteiger partial charge in [-0.1, -0.05) is 43.1 Å². The monoisotopic (exact) mass is 476 g/mol. The van der Waals surface area contributed by atoms with E-state index >= 15 is 0 Å². The molecule has 0 aliphatic heterocycles. The number of benzene rings is 1. The second-order valence-corrected chi connectivity index (χ2v) is 8.96. The summed E-state index contributed by atoms with van der Waals surface area (Å²) in [5.41, 5.74) is 3.27. The molecule has 0 saturated heterocycles. The van der Waals surface area contributed by atoms with Gasteiger partial charge in [0, 0.05) is 27.8 Å². The molecule has 2 aromatic rings. The summed E-state index contributed by atoms with van der Waals surface area (Å²) in [6.07, 6.45) is 3.76. The number of hydrogen-bond acceptors (Lipinski definition) is 2. The summed E-state index contributed by atoms with van der Waals surface area (Å²) in [5.74, 6) is -0.502. The lowest BCUT2D eigenvalue weighted by molar-refractivity contribution is 0.0950. The Morgan fingerprint density at radius 2 is 1.97 bits per heavy atom. The lowest BCUT2D eigenvalue weighted by Crippen LogP contribution is -2.29. The fourth-order valence-electron chi connectivity index (χ4n) is 3.42. The number of amides is 1. The molecular formula is C24H30BrFN2O2. The Morgan fingerprint density at radius 3 is 2.60 bits per heavy atom. The Bertz CT molecular complexity index is 1010. The van der Waals surface area contributed by atoms with Crippen molar-refractivity contribution in [2.75, 3.05) is 0 Å². The van der Waals surface area contributed by atoms with Crippen LogP contribution in [-0.4, -0.2) is 10.9 Å². The highest BCUT2D eigenvalue weighted by Crippen LogP contribution is 2.29. The van der Waals surface area contributed by atoms with Gasteiger partial charge in [-0.2, -0.15) is 0 Å². The normalized spacial score (nSPS) is 11.8. The average molecular weight is 477 g/mol. The SMILES string of the molecule is CCCc1cc(C)[nH]c(=O)c1CNC(=O)c1cc(Br)cc(C)c1/C(F)=C\CC(C)C. The molecule has 6 heteroatoms. The minimum absolute atomic E-state index is 0.0894. The van der Waals surface area contributed by atoms with Gasteiger partial charge in [0.1, 0.15) is 5.83 Å². The molecule has 0 atom stereocenters. The Kier molecular flexibility index (Phi) is 8.59.